The molecule has 4 rings (SSSR count). The number of thioether (sulfide) groups is 1. The molecule has 0 radical (unpaired) electrons. The number of carbonyl (C=O) groups is 1. The van der Waals surface area contributed by atoms with Crippen molar-refractivity contribution in [3.05, 3.63) is 56.1 Å². The molecule has 1 aromatic carbocycles. The number of hydrogen-bond donors (Lipinski definition) is 1. The maximum atomic E-state index is 12.2. The molecule has 144 valence electrons. The molecular formula is C19H16ClN3O4S. The molecule has 2 aromatic rings. The molecule has 2 aliphatic rings. The van der Waals surface area contributed by atoms with E-state index >= 15 is 0 Å². The average Bonchev–Trinajstić information content (AvgIpc) is 3.39. The molecular weight excluding hydrogens is 402 g/mol. The van der Waals surface area contributed by atoms with Gasteiger partial charge in [-0.3, -0.25) is 19.9 Å². The number of aliphatic imine (C=N–C) groups is 1. The quantitative estimate of drug-likeness (QED) is 0.428. The van der Waals surface area contributed by atoms with E-state index < -0.39 is 4.92 Å². The highest BCUT2D eigenvalue weighted by molar-refractivity contribution is 8.18. The van der Waals surface area contributed by atoms with Gasteiger partial charge in [0.15, 0.2) is 5.17 Å². The highest BCUT2D eigenvalue weighted by atomic mass is 35.5. The summed E-state index contributed by atoms with van der Waals surface area (Å²) in [4.78, 5) is 27.6. The normalized spacial score (nSPS) is 20.2. The number of halogens is 1. The van der Waals surface area contributed by atoms with Gasteiger partial charge < -0.3 is 9.73 Å². The highest BCUT2D eigenvalue weighted by Crippen LogP contribution is 2.34. The van der Waals surface area contributed by atoms with E-state index in [1.165, 1.54) is 36.7 Å². The zero-order valence-corrected chi connectivity index (χ0v) is 16.3. The largest absolute Gasteiger partial charge is 0.457 e. The van der Waals surface area contributed by atoms with Crippen LogP contribution in [0.3, 0.4) is 0 Å². The molecule has 9 heteroatoms. The number of non-ortho nitro benzene ring substituents is 1. The predicted octanol–water partition coefficient (Wildman–Crippen LogP) is 5.01. The zero-order valence-electron chi connectivity index (χ0n) is 14.7. The number of nitro benzene ring substituents is 1. The first kappa shape index (κ1) is 18.8. The molecule has 0 bridgehead atoms. The monoisotopic (exact) mass is 417 g/mol. The first-order valence-electron chi connectivity index (χ1n) is 8.82. The van der Waals surface area contributed by atoms with Crippen LogP contribution in [0.2, 0.25) is 5.02 Å². The van der Waals surface area contributed by atoms with Crippen LogP contribution in [0.1, 0.15) is 31.4 Å². The van der Waals surface area contributed by atoms with Crippen LogP contribution >= 0.6 is 23.4 Å². The van der Waals surface area contributed by atoms with Gasteiger partial charge in [0.25, 0.3) is 11.6 Å². The Morgan fingerprint density at radius 2 is 2.07 bits per heavy atom. The Bertz CT molecular complexity index is 1010. The minimum absolute atomic E-state index is 0.0873. The van der Waals surface area contributed by atoms with Crippen LogP contribution in [0.25, 0.3) is 17.4 Å². The molecule has 2 heterocycles. The minimum atomic E-state index is -0.506. The lowest BCUT2D eigenvalue weighted by Crippen LogP contribution is -2.21. The molecule has 7 nitrogen and oxygen atoms in total. The molecule has 2 fully saturated rings. The van der Waals surface area contributed by atoms with Crippen LogP contribution in [-0.2, 0) is 4.79 Å². The van der Waals surface area contributed by atoms with Gasteiger partial charge in [0, 0.05) is 23.8 Å². The van der Waals surface area contributed by atoms with Crippen molar-refractivity contribution in [2.24, 2.45) is 4.99 Å². The number of amidine groups is 1. The van der Waals surface area contributed by atoms with Gasteiger partial charge >= 0.3 is 0 Å². The van der Waals surface area contributed by atoms with Crippen molar-refractivity contribution < 1.29 is 14.1 Å². The molecule has 1 aromatic heterocycles. The van der Waals surface area contributed by atoms with E-state index in [1.54, 1.807) is 24.3 Å². The summed E-state index contributed by atoms with van der Waals surface area (Å²) < 4.78 is 5.77. The Kier molecular flexibility index (Phi) is 5.23. The zero-order chi connectivity index (χ0) is 19.7. The summed E-state index contributed by atoms with van der Waals surface area (Å²) in [7, 11) is 0. The fourth-order valence-corrected chi connectivity index (χ4v) is 4.35. The molecule has 0 unspecified atom stereocenters. The fourth-order valence-electron chi connectivity index (χ4n) is 3.21. The molecule has 1 N–H and O–H groups in total. The van der Waals surface area contributed by atoms with E-state index in [2.05, 4.69) is 10.3 Å². The van der Waals surface area contributed by atoms with Gasteiger partial charge in [0.1, 0.15) is 11.5 Å². The Balaban J connectivity index is 1.53. The lowest BCUT2D eigenvalue weighted by molar-refractivity contribution is -0.384. The number of carbonyl (C=O) groups excluding carboxylic acids is 1. The number of hydrogen-bond acceptors (Lipinski definition) is 6. The maximum Gasteiger partial charge on any atom is 0.270 e. The summed E-state index contributed by atoms with van der Waals surface area (Å²) >= 11 is 7.45. The lowest BCUT2D eigenvalue weighted by Gasteiger charge is -2.02. The SMILES string of the molecule is O=C1NC(=NC2CCCC2)S/C1=C\c1ccc(-c2ccc([N+](=O)[O-])cc2Cl)o1. The second-order valence-electron chi connectivity index (χ2n) is 6.56. The van der Waals surface area contributed by atoms with E-state index in [-0.39, 0.29) is 16.6 Å². The lowest BCUT2D eigenvalue weighted by atomic mass is 10.1. The second-order valence-corrected chi connectivity index (χ2v) is 8.00. The number of furan rings is 1. The van der Waals surface area contributed by atoms with E-state index in [0.29, 0.717) is 33.2 Å². The van der Waals surface area contributed by atoms with E-state index in [9.17, 15) is 14.9 Å². The molecule has 0 atom stereocenters. The molecule has 28 heavy (non-hydrogen) atoms. The third-order valence-corrected chi connectivity index (χ3v) is 5.84. The van der Waals surface area contributed by atoms with Gasteiger partial charge in [-0.25, -0.2) is 0 Å². The molecule has 0 spiro atoms. The van der Waals surface area contributed by atoms with Crippen LogP contribution in [-0.4, -0.2) is 22.0 Å². The molecule has 1 aliphatic carbocycles. The summed E-state index contributed by atoms with van der Waals surface area (Å²) in [6, 6.07) is 7.92. The number of nitro groups is 1. The van der Waals surface area contributed by atoms with Crippen LogP contribution < -0.4 is 5.32 Å². The first-order valence-corrected chi connectivity index (χ1v) is 10.0. The Labute approximate surface area is 170 Å². The van der Waals surface area contributed by atoms with Gasteiger partial charge in [-0.05, 0) is 42.8 Å². The van der Waals surface area contributed by atoms with Crippen molar-refractivity contribution in [1.82, 2.24) is 5.32 Å². The van der Waals surface area contributed by atoms with E-state index in [1.807, 2.05) is 0 Å². The average molecular weight is 418 g/mol. The second kappa shape index (κ2) is 7.81. The summed E-state index contributed by atoms with van der Waals surface area (Å²) in [5, 5.41) is 14.5. The van der Waals surface area contributed by atoms with Gasteiger partial charge in [-0.15, -0.1) is 0 Å². The van der Waals surface area contributed by atoms with Crippen molar-refractivity contribution in [1.29, 1.82) is 0 Å². The standard InChI is InChI=1S/C19H16ClN3O4S/c20-15-9-12(23(25)26)5-7-14(15)16-8-6-13(27-16)10-17-18(24)22-19(28-17)21-11-3-1-2-4-11/h5-11H,1-4H2,(H,21,22,24)/b17-10-. The number of nitrogens with one attached hydrogen (secondary N) is 1. The smallest absolute Gasteiger partial charge is 0.270 e. The molecule has 1 saturated heterocycles. The number of amides is 1. The van der Waals surface area contributed by atoms with E-state index in [4.69, 9.17) is 16.0 Å². The topological polar surface area (TPSA) is 97.7 Å². The van der Waals surface area contributed by atoms with Crippen LogP contribution in [0, 0.1) is 10.1 Å². The van der Waals surface area contributed by atoms with Crippen molar-refractivity contribution in [2.45, 2.75) is 31.7 Å². The fraction of sp³-hybridized carbons (Fsp3) is 0.263. The molecule has 1 aliphatic heterocycles. The third-order valence-electron chi connectivity index (χ3n) is 4.60. The number of nitrogens with zero attached hydrogens (tertiary/aromatic N) is 2. The van der Waals surface area contributed by atoms with Crippen LogP contribution in [0.15, 0.2) is 44.6 Å². The van der Waals surface area contributed by atoms with Crippen molar-refractivity contribution in [2.75, 3.05) is 0 Å². The summed E-state index contributed by atoms with van der Waals surface area (Å²) in [6.07, 6.45) is 6.15. The summed E-state index contributed by atoms with van der Waals surface area (Å²) in [6.45, 7) is 0. The Morgan fingerprint density at radius 1 is 1.29 bits per heavy atom. The summed E-state index contributed by atoms with van der Waals surface area (Å²) in [5.74, 6) is 0.757. The molecule has 1 saturated carbocycles. The van der Waals surface area contributed by atoms with Crippen molar-refractivity contribution in [3.8, 4) is 11.3 Å². The van der Waals surface area contributed by atoms with Gasteiger partial charge in [0.2, 0.25) is 0 Å². The van der Waals surface area contributed by atoms with Gasteiger partial charge in [-0.2, -0.15) is 0 Å². The minimum Gasteiger partial charge on any atom is -0.457 e. The maximum absolute atomic E-state index is 12.2. The van der Waals surface area contributed by atoms with Crippen LogP contribution in [0.5, 0.6) is 0 Å². The summed E-state index contributed by atoms with van der Waals surface area (Å²) in [5.41, 5.74) is 0.458. The number of rotatable bonds is 4. The number of benzene rings is 1. The van der Waals surface area contributed by atoms with E-state index in [0.717, 1.165) is 12.8 Å². The van der Waals surface area contributed by atoms with Gasteiger partial charge in [0.05, 0.1) is 20.9 Å². The van der Waals surface area contributed by atoms with Crippen molar-refractivity contribution in [3.63, 3.8) is 0 Å². The Hall–Kier alpha value is -2.58. The molecule has 1 amide bonds. The van der Waals surface area contributed by atoms with Crippen molar-refractivity contribution >= 4 is 46.2 Å². The Morgan fingerprint density at radius 3 is 2.79 bits per heavy atom. The predicted molar refractivity (Wildman–Crippen MR) is 109 cm³/mol. The first-order chi connectivity index (χ1) is 13.5. The van der Waals surface area contributed by atoms with Gasteiger partial charge in [-0.1, -0.05) is 24.4 Å². The van der Waals surface area contributed by atoms with Crippen LogP contribution in [0.4, 0.5) is 5.69 Å². The highest BCUT2D eigenvalue weighted by Gasteiger charge is 2.26. The third kappa shape index (κ3) is 3.98.